The van der Waals surface area contributed by atoms with Gasteiger partial charge in [-0.3, -0.25) is 0 Å². The van der Waals surface area contributed by atoms with Gasteiger partial charge in [-0.1, -0.05) is 6.07 Å². The number of aryl methyl sites for hydroxylation is 3. The van der Waals surface area contributed by atoms with Crippen LogP contribution >= 0.6 is 22.7 Å². The van der Waals surface area contributed by atoms with Crippen LogP contribution < -0.4 is 5.32 Å². The molecule has 2 aromatic rings. The third-order valence-corrected chi connectivity index (χ3v) is 5.46. The molecule has 1 saturated carbocycles. The summed E-state index contributed by atoms with van der Waals surface area (Å²) in [7, 11) is 0. The SMILES string of the molecule is c1csc(CCCc2nnc(CCCNC3CC3)s2)c1. The van der Waals surface area contributed by atoms with E-state index >= 15 is 0 Å². The van der Waals surface area contributed by atoms with Crippen LogP contribution in [0.3, 0.4) is 0 Å². The first-order chi connectivity index (χ1) is 9.90. The lowest BCUT2D eigenvalue weighted by Gasteiger charge is -1.99. The lowest BCUT2D eigenvalue weighted by atomic mass is 10.2. The Balaban J connectivity index is 1.33. The summed E-state index contributed by atoms with van der Waals surface area (Å²) in [4.78, 5) is 1.47. The molecular weight excluding hydrogens is 286 g/mol. The highest BCUT2D eigenvalue weighted by atomic mass is 32.1. The van der Waals surface area contributed by atoms with Gasteiger partial charge in [0.2, 0.25) is 0 Å². The van der Waals surface area contributed by atoms with Crippen LogP contribution in [0, 0.1) is 0 Å². The number of thiophene rings is 1. The lowest BCUT2D eigenvalue weighted by Crippen LogP contribution is -2.17. The quantitative estimate of drug-likeness (QED) is 0.721. The molecule has 1 fully saturated rings. The fraction of sp³-hybridized carbons (Fsp3) is 0.600. The molecule has 108 valence electrons. The molecule has 0 bridgehead atoms. The predicted octanol–water partition coefficient (Wildman–Crippen LogP) is 3.46. The van der Waals surface area contributed by atoms with E-state index in [1.807, 2.05) is 11.3 Å². The van der Waals surface area contributed by atoms with Crippen molar-refractivity contribution in [3.63, 3.8) is 0 Å². The number of hydrogen-bond acceptors (Lipinski definition) is 5. The highest BCUT2D eigenvalue weighted by molar-refractivity contribution is 7.11. The fourth-order valence-electron chi connectivity index (χ4n) is 2.19. The number of rotatable bonds is 9. The maximum absolute atomic E-state index is 4.31. The van der Waals surface area contributed by atoms with Gasteiger partial charge in [0.1, 0.15) is 10.0 Å². The van der Waals surface area contributed by atoms with E-state index in [0.717, 1.165) is 31.8 Å². The topological polar surface area (TPSA) is 37.8 Å². The maximum Gasteiger partial charge on any atom is 0.117 e. The summed E-state index contributed by atoms with van der Waals surface area (Å²) in [5.41, 5.74) is 0. The molecule has 0 aromatic carbocycles. The Morgan fingerprint density at radius 1 is 1.10 bits per heavy atom. The van der Waals surface area contributed by atoms with E-state index in [2.05, 4.69) is 33.0 Å². The van der Waals surface area contributed by atoms with Crippen LogP contribution in [0.15, 0.2) is 17.5 Å². The van der Waals surface area contributed by atoms with E-state index < -0.39 is 0 Å². The summed E-state index contributed by atoms with van der Waals surface area (Å²) in [5.74, 6) is 0. The zero-order valence-electron chi connectivity index (χ0n) is 11.7. The molecule has 0 radical (unpaired) electrons. The molecule has 3 rings (SSSR count). The third kappa shape index (κ3) is 4.65. The highest BCUT2D eigenvalue weighted by Gasteiger charge is 2.19. The zero-order valence-corrected chi connectivity index (χ0v) is 13.3. The fourth-order valence-corrected chi connectivity index (χ4v) is 3.87. The van der Waals surface area contributed by atoms with Crippen LogP contribution in [-0.4, -0.2) is 22.8 Å². The first-order valence-corrected chi connectivity index (χ1v) is 9.17. The van der Waals surface area contributed by atoms with Gasteiger partial charge in [0.25, 0.3) is 0 Å². The van der Waals surface area contributed by atoms with Crippen LogP contribution in [0.5, 0.6) is 0 Å². The molecule has 0 atom stereocenters. The number of aromatic nitrogens is 2. The first-order valence-electron chi connectivity index (χ1n) is 7.47. The molecule has 1 N–H and O–H groups in total. The molecule has 0 saturated heterocycles. The van der Waals surface area contributed by atoms with E-state index in [-0.39, 0.29) is 0 Å². The number of hydrogen-bond donors (Lipinski definition) is 1. The summed E-state index contributed by atoms with van der Waals surface area (Å²) in [6.07, 6.45) is 8.40. The smallest absolute Gasteiger partial charge is 0.117 e. The Morgan fingerprint density at radius 2 is 1.90 bits per heavy atom. The Labute approximate surface area is 128 Å². The molecule has 20 heavy (non-hydrogen) atoms. The Kier molecular flexibility index (Phi) is 5.17. The van der Waals surface area contributed by atoms with Crippen LogP contribution in [0.25, 0.3) is 0 Å². The normalized spacial score (nSPS) is 14.8. The number of nitrogens with zero attached hydrogens (tertiary/aromatic N) is 2. The average molecular weight is 307 g/mol. The third-order valence-electron chi connectivity index (χ3n) is 3.48. The van der Waals surface area contributed by atoms with Gasteiger partial charge in [0, 0.05) is 23.8 Å². The highest BCUT2D eigenvalue weighted by Crippen LogP contribution is 2.19. The minimum absolute atomic E-state index is 0.817. The summed E-state index contributed by atoms with van der Waals surface area (Å²) in [5, 5.41) is 16.7. The second kappa shape index (κ2) is 7.29. The molecule has 5 heteroatoms. The molecule has 3 nitrogen and oxygen atoms in total. The van der Waals surface area contributed by atoms with Crippen molar-refractivity contribution in [1.82, 2.24) is 15.5 Å². The maximum atomic E-state index is 4.31. The van der Waals surface area contributed by atoms with E-state index in [1.165, 1.54) is 40.6 Å². The van der Waals surface area contributed by atoms with E-state index in [9.17, 15) is 0 Å². The van der Waals surface area contributed by atoms with Crippen molar-refractivity contribution in [2.45, 2.75) is 51.0 Å². The average Bonchev–Trinajstić information content (AvgIpc) is 2.95. The minimum atomic E-state index is 0.817. The van der Waals surface area contributed by atoms with Crippen LogP contribution in [0.4, 0.5) is 0 Å². The molecular formula is C15H21N3S2. The van der Waals surface area contributed by atoms with Crippen LogP contribution in [0.2, 0.25) is 0 Å². The second-order valence-corrected chi connectivity index (χ2v) is 7.53. The van der Waals surface area contributed by atoms with Gasteiger partial charge in [-0.05, 0) is 50.1 Å². The number of nitrogens with one attached hydrogen (secondary N) is 1. The largest absolute Gasteiger partial charge is 0.314 e. The zero-order chi connectivity index (χ0) is 13.6. The van der Waals surface area contributed by atoms with Crippen LogP contribution in [0.1, 0.15) is 40.6 Å². The Morgan fingerprint density at radius 3 is 2.60 bits per heavy atom. The molecule has 2 heterocycles. The van der Waals surface area contributed by atoms with Gasteiger partial charge in [-0.25, -0.2) is 0 Å². The van der Waals surface area contributed by atoms with Crippen molar-refractivity contribution in [3.8, 4) is 0 Å². The monoisotopic (exact) mass is 307 g/mol. The summed E-state index contributed by atoms with van der Waals surface area (Å²) >= 11 is 3.64. The summed E-state index contributed by atoms with van der Waals surface area (Å²) < 4.78 is 0. The van der Waals surface area contributed by atoms with Gasteiger partial charge in [-0.2, -0.15) is 0 Å². The van der Waals surface area contributed by atoms with E-state index in [1.54, 1.807) is 11.3 Å². The van der Waals surface area contributed by atoms with Gasteiger partial charge >= 0.3 is 0 Å². The molecule has 1 aliphatic carbocycles. The van der Waals surface area contributed by atoms with Crippen molar-refractivity contribution in [2.24, 2.45) is 0 Å². The molecule has 0 spiro atoms. The standard InChI is InChI=1S/C15H21N3S2/c1(4-13-5-3-11-19-13)6-14-17-18-15(20-14)7-2-10-16-12-8-9-12/h3,5,11-12,16H,1-2,4,6-10H2. The molecule has 2 aromatic heterocycles. The van der Waals surface area contributed by atoms with Gasteiger partial charge < -0.3 is 5.32 Å². The lowest BCUT2D eigenvalue weighted by molar-refractivity contribution is 0.642. The van der Waals surface area contributed by atoms with Crippen molar-refractivity contribution in [2.75, 3.05) is 6.54 Å². The Hall–Kier alpha value is -0.780. The summed E-state index contributed by atoms with van der Waals surface area (Å²) in [6, 6.07) is 5.15. The van der Waals surface area contributed by atoms with Gasteiger partial charge in [-0.15, -0.1) is 32.9 Å². The van der Waals surface area contributed by atoms with Crippen molar-refractivity contribution in [1.29, 1.82) is 0 Å². The first kappa shape index (κ1) is 14.2. The molecule has 0 aliphatic heterocycles. The molecule has 1 aliphatic rings. The van der Waals surface area contributed by atoms with Gasteiger partial charge in [0.05, 0.1) is 0 Å². The van der Waals surface area contributed by atoms with E-state index in [4.69, 9.17) is 0 Å². The second-order valence-electron chi connectivity index (χ2n) is 5.35. The predicted molar refractivity (Wildman–Crippen MR) is 85.6 cm³/mol. The van der Waals surface area contributed by atoms with Crippen molar-refractivity contribution < 1.29 is 0 Å². The van der Waals surface area contributed by atoms with Crippen molar-refractivity contribution >= 4 is 22.7 Å². The minimum Gasteiger partial charge on any atom is -0.314 e. The summed E-state index contributed by atoms with van der Waals surface area (Å²) in [6.45, 7) is 1.12. The molecule has 0 unspecified atom stereocenters. The van der Waals surface area contributed by atoms with E-state index in [0.29, 0.717) is 0 Å². The molecule has 0 amide bonds. The Bertz CT molecular complexity index is 503. The van der Waals surface area contributed by atoms with Crippen molar-refractivity contribution in [3.05, 3.63) is 32.4 Å². The van der Waals surface area contributed by atoms with Gasteiger partial charge in [0.15, 0.2) is 0 Å². The van der Waals surface area contributed by atoms with Crippen LogP contribution in [-0.2, 0) is 19.3 Å².